The van der Waals surface area contributed by atoms with E-state index in [0.717, 1.165) is 11.8 Å². The number of thiocyanates is 1. The Morgan fingerprint density at radius 3 is 2.43 bits per heavy atom. The van der Waals surface area contributed by atoms with Gasteiger partial charge in [0.2, 0.25) is 0 Å². The molecule has 0 aromatic heterocycles. The Kier molecular flexibility index (Phi) is 12.0. The van der Waals surface area contributed by atoms with Crippen molar-refractivity contribution >= 4 is 11.8 Å². The fraction of sp³-hybridized carbons (Fsp3) is 0.667. The summed E-state index contributed by atoms with van der Waals surface area (Å²) in [6, 6.07) is 0. The van der Waals surface area contributed by atoms with Crippen LogP contribution < -0.4 is 51.4 Å². The van der Waals surface area contributed by atoms with E-state index < -0.39 is 5.44 Å². The van der Waals surface area contributed by atoms with E-state index in [-0.39, 0.29) is 52.8 Å². The molecule has 4 heteroatoms. The Hall–Kier alpha value is 1.44. The first-order chi connectivity index (χ1) is 2.77. The second-order valence-corrected chi connectivity index (χ2v) is 1.91. The van der Waals surface area contributed by atoms with Crippen molar-refractivity contribution in [3.05, 3.63) is 0 Å². The summed E-state index contributed by atoms with van der Waals surface area (Å²) < 4.78 is 0. The van der Waals surface area contributed by atoms with Crippen molar-refractivity contribution in [1.29, 1.82) is 5.26 Å². The van der Waals surface area contributed by atoms with Crippen LogP contribution in [0.25, 0.3) is 0 Å². The molecule has 0 heterocycles. The molecule has 0 aromatic rings. The van der Waals surface area contributed by atoms with Gasteiger partial charge in [-0.25, -0.2) is 0 Å². The summed E-state index contributed by atoms with van der Waals surface area (Å²) in [5.74, 6) is 0. The van der Waals surface area contributed by atoms with Crippen LogP contribution in [0.15, 0.2) is 0 Å². The largest absolute Gasteiger partial charge is 1.00 e. The van der Waals surface area contributed by atoms with Gasteiger partial charge in [0.1, 0.15) is 10.8 Å². The second-order valence-electron chi connectivity index (χ2n) is 0.808. The van der Waals surface area contributed by atoms with Gasteiger partial charge in [0.05, 0.1) is 0 Å². The van der Waals surface area contributed by atoms with Gasteiger partial charge in [-0.1, -0.05) is 0 Å². The SMILES string of the molecule is CC(O)SC#N.[H-].[K+]. The predicted molar refractivity (Wildman–Crippen MR) is 26.0 cm³/mol. The van der Waals surface area contributed by atoms with Crippen LogP contribution in [0.5, 0.6) is 0 Å². The molecule has 0 bridgehead atoms. The number of aliphatic hydroxyl groups is 1. The smallest absolute Gasteiger partial charge is 1.00 e. The maximum Gasteiger partial charge on any atom is 1.00 e. The number of hydrogen-bond acceptors (Lipinski definition) is 3. The zero-order chi connectivity index (χ0) is 4.99. The summed E-state index contributed by atoms with van der Waals surface area (Å²) in [4.78, 5) is 0. The summed E-state index contributed by atoms with van der Waals surface area (Å²) in [5.41, 5.74) is -0.546. The number of nitrogens with zero attached hydrogens (tertiary/aromatic N) is 1. The quantitative estimate of drug-likeness (QED) is 0.254. The van der Waals surface area contributed by atoms with Crippen LogP contribution in [0.2, 0.25) is 0 Å². The zero-order valence-corrected chi connectivity index (χ0v) is 8.32. The van der Waals surface area contributed by atoms with Crippen molar-refractivity contribution < 1.29 is 57.9 Å². The van der Waals surface area contributed by atoms with Gasteiger partial charge < -0.3 is 6.53 Å². The minimum atomic E-state index is -0.546. The Morgan fingerprint density at radius 1 is 2.00 bits per heavy atom. The fourth-order valence-corrected chi connectivity index (χ4v) is 0.229. The average molecular weight is 143 g/mol. The molecule has 0 aliphatic carbocycles. The molecule has 1 N–H and O–H groups in total. The molecule has 36 valence electrons. The summed E-state index contributed by atoms with van der Waals surface area (Å²) >= 11 is 0.847. The zero-order valence-electron chi connectivity index (χ0n) is 5.38. The maximum atomic E-state index is 8.29. The van der Waals surface area contributed by atoms with E-state index in [4.69, 9.17) is 10.4 Å². The normalized spacial score (nSPS) is 11.0. The van der Waals surface area contributed by atoms with E-state index >= 15 is 0 Å². The van der Waals surface area contributed by atoms with Crippen LogP contribution in [-0.2, 0) is 0 Å². The van der Waals surface area contributed by atoms with Crippen molar-refractivity contribution in [3.8, 4) is 5.40 Å². The van der Waals surface area contributed by atoms with Crippen LogP contribution in [0, 0.1) is 10.7 Å². The molecule has 0 fully saturated rings. The van der Waals surface area contributed by atoms with Gasteiger partial charge >= 0.3 is 51.4 Å². The van der Waals surface area contributed by atoms with E-state index in [1.165, 1.54) is 0 Å². The fourth-order valence-electron chi connectivity index (χ4n) is 0.0763. The average Bonchev–Trinajstić information content (AvgIpc) is 1.35. The first-order valence-electron chi connectivity index (χ1n) is 1.50. The predicted octanol–water partition coefficient (Wildman–Crippen LogP) is -2.34. The molecule has 0 aromatic carbocycles. The molecule has 0 saturated carbocycles. The van der Waals surface area contributed by atoms with Crippen LogP contribution in [0.3, 0.4) is 0 Å². The minimum Gasteiger partial charge on any atom is -1.00 e. The molecular formula is C3H6KNOS. The monoisotopic (exact) mass is 143 g/mol. The summed E-state index contributed by atoms with van der Waals surface area (Å²) in [7, 11) is 0. The molecule has 2 nitrogen and oxygen atoms in total. The second kappa shape index (κ2) is 7.44. The summed E-state index contributed by atoms with van der Waals surface area (Å²) in [5, 5.41) is 17.8. The standard InChI is InChI=1S/C3H5NOS.K.H/c1-3(5)6-2-4;;/h3,5H,1H3;;/q;+1;-1. The first kappa shape index (κ1) is 11.3. The van der Waals surface area contributed by atoms with Gasteiger partial charge in [-0.3, -0.25) is 0 Å². The summed E-state index contributed by atoms with van der Waals surface area (Å²) in [6.07, 6.45) is 0. The van der Waals surface area contributed by atoms with Crippen LogP contribution in [0.4, 0.5) is 0 Å². The number of rotatable bonds is 1. The number of nitriles is 1. The number of hydrogen-bond donors (Lipinski definition) is 1. The van der Waals surface area contributed by atoms with Gasteiger partial charge in [-0.15, -0.1) is 0 Å². The Labute approximate surface area is 91.2 Å². The Balaban J connectivity index is -0.000000125. The van der Waals surface area contributed by atoms with Gasteiger partial charge in [-0.05, 0) is 18.7 Å². The Morgan fingerprint density at radius 2 is 2.43 bits per heavy atom. The molecule has 1 atom stereocenters. The van der Waals surface area contributed by atoms with E-state index in [1.54, 1.807) is 12.3 Å². The molecule has 0 amide bonds. The van der Waals surface area contributed by atoms with Crippen molar-refractivity contribution in [2.24, 2.45) is 0 Å². The molecular weight excluding hydrogens is 137 g/mol. The van der Waals surface area contributed by atoms with Crippen LogP contribution >= 0.6 is 11.8 Å². The molecule has 7 heavy (non-hydrogen) atoms. The Bertz CT molecular complexity index is 74.2. The topological polar surface area (TPSA) is 44.0 Å². The molecule has 0 radical (unpaired) electrons. The van der Waals surface area contributed by atoms with Crippen LogP contribution in [0.1, 0.15) is 8.35 Å². The van der Waals surface area contributed by atoms with E-state index in [1.807, 2.05) is 0 Å². The first-order valence-corrected chi connectivity index (χ1v) is 2.38. The van der Waals surface area contributed by atoms with E-state index in [0.29, 0.717) is 0 Å². The van der Waals surface area contributed by atoms with Crippen LogP contribution in [-0.4, -0.2) is 10.5 Å². The van der Waals surface area contributed by atoms with Gasteiger partial charge in [0.15, 0.2) is 0 Å². The third-order valence-corrected chi connectivity index (χ3v) is 0.670. The van der Waals surface area contributed by atoms with E-state index in [2.05, 4.69) is 0 Å². The van der Waals surface area contributed by atoms with Gasteiger partial charge in [0.25, 0.3) is 0 Å². The maximum absolute atomic E-state index is 8.29. The van der Waals surface area contributed by atoms with Crippen molar-refractivity contribution in [3.63, 3.8) is 0 Å². The van der Waals surface area contributed by atoms with Gasteiger partial charge in [-0.2, -0.15) is 5.26 Å². The third kappa shape index (κ3) is 11.2. The molecule has 1 unspecified atom stereocenters. The van der Waals surface area contributed by atoms with Crippen molar-refractivity contribution in [2.45, 2.75) is 12.4 Å². The summed E-state index contributed by atoms with van der Waals surface area (Å²) in [6.45, 7) is 1.55. The van der Waals surface area contributed by atoms with Crippen molar-refractivity contribution in [2.75, 3.05) is 0 Å². The number of aliphatic hydroxyl groups excluding tert-OH is 1. The number of thioether (sulfide) groups is 1. The molecule has 0 aliphatic heterocycles. The van der Waals surface area contributed by atoms with Crippen molar-refractivity contribution in [1.82, 2.24) is 0 Å². The van der Waals surface area contributed by atoms with E-state index in [9.17, 15) is 0 Å². The molecule has 0 spiro atoms. The third-order valence-electron chi connectivity index (χ3n) is 0.223. The van der Waals surface area contributed by atoms with Gasteiger partial charge in [0, 0.05) is 0 Å². The minimum absolute atomic E-state index is 0. The molecule has 0 rings (SSSR count). The molecule has 0 saturated heterocycles. The molecule has 0 aliphatic rings.